The van der Waals surface area contributed by atoms with Crippen LogP contribution >= 0.6 is 0 Å². The lowest BCUT2D eigenvalue weighted by Crippen LogP contribution is -2.18. The van der Waals surface area contributed by atoms with Crippen LogP contribution in [0.4, 0.5) is 22.0 Å². The second kappa shape index (κ2) is 10.7. The summed E-state index contributed by atoms with van der Waals surface area (Å²) in [5.41, 5.74) is 3.17. The number of aryl methyl sites for hydroxylation is 1. The van der Waals surface area contributed by atoms with E-state index < -0.39 is 49.8 Å². The van der Waals surface area contributed by atoms with Gasteiger partial charge >= 0.3 is 10.1 Å². The summed E-state index contributed by atoms with van der Waals surface area (Å²) in [5, 5.41) is 4.26. The number of hydrogen-bond donors (Lipinski definition) is 0. The number of ether oxygens (including phenoxy) is 2. The van der Waals surface area contributed by atoms with Crippen molar-refractivity contribution in [2.24, 2.45) is 7.05 Å². The van der Waals surface area contributed by atoms with E-state index in [1.165, 1.54) is 6.07 Å². The van der Waals surface area contributed by atoms with Crippen LogP contribution in [0, 0.1) is 29.1 Å². The molecule has 2 heterocycles. The molecular formula is C28H23F5N2O5S. The first-order valence-corrected chi connectivity index (χ1v) is 13.8. The third-order valence-electron chi connectivity index (χ3n) is 6.54. The van der Waals surface area contributed by atoms with Crippen LogP contribution in [0.15, 0.2) is 53.6 Å². The van der Waals surface area contributed by atoms with Gasteiger partial charge in [0.1, 0.15) is 16.4 Å². The Morgan fingerprint density at radius 1 is 0.927 bits per heavy atom. The van der Waals surface area contributed by atoms with Gasteiger partial charge in [0.15, 0.2) is 0 Å². The Morgan fingerprint density at radius 2 is 1.59 bits per heavy atom. The number of hydrogen-bond acceptors (Lipinski definition) is 6. The van der Waals surface area contributed by atoms with Gasteiger partial charge in [-0.15, -0.1) is 0 Å². The molecule has 1 atom stereocenters. The van der Waals surface area contributed by atoms with Gasteiger partial charge < -0.3 is 13.7 Å². The highest BCUT2D eigenvalue weighted by molar-refractivity contribution is 7.87. The smallest absolute Gasteiger partial charge is 0.339 e. The van der Waals surface area contributed by atoms with Crippen molar-refractivity contribution in [1.82, 2.24) is 9.78 Å². The summed E-state index contributed by atoms with van der Waals surface area (Å²) in [7, 11) is -3.23. The molecule has 216 valence electrons. The van der Waals surface area contributed by atoms with E-state index in [9.17, 15) is 30.4 Å². The number of aromatic nitrogens is 2. The Kier molecular flexibility index (Phi) is 7.41. The van der Waals surface area contributed by atoms with Crippen molar-refractivity contribution in [3.63, 3.8) is 0 Å². The molecule has 1 aromatic heterocycles. The summed E-state index contributed by atoms with van der Waals surface area (Å²) in [4.78, 5) is -0.603. The van der Waals surface area contributed by atoms with Gasteiger partial charge in [-0.3, -0.25) is 4.68 Å². The number of halogens is 5. The minimum atomic E-state index is -5.03. The molecule has 1 aliphatic rings. The second-order valence-corrected chi connectivity index (χ2v) is 11.1. The first-order valence-electron chi connectivity index (χ1n) is 12.4. The minimum absolute atomic E-state index is 0.0588. The Hall–Kier alpha value is -4.13. The molecule has 7 nitrogen and oxygen atoms in total. The van der Waals surface area contributed by atoms with Gasteiger partial charge in [0.05, 0.1) is 18.4 Å². The van der Waals surface area contributed by atoms with Gasteiger partial charge in [-0.2, -0.15) is 22.3 Å². The molecule has 1 aliphatic heterocycles. The van der Waals surface area contributed by atoms with Crippen LogP contribution < -0.4 is 13.7 Å². The van der Waals surface area contributed by atoms with Crippen molar-refractivity contribution in [2.75, 3.05) is 6.61 Å². The Labute approximate surface area is 232 Å². The third-order valence-corrected chi connectivity index (χ3v) is 7.76. The zero-order valence-electron chi connectivity index (χ0n) is 21.9. The molecule has 4 aromatic rings. The highest BCUT2D eigenvalue weighted by atomic mass is 32.2. The van der Waals surface area contributed by atoms with Gasteiger partial charge in [-0.05, 0) is 50.1 Å². The quantitative estimate of drug-likeness (QED) is 0.109. The SMILES string of the molecule is CC(C)Oc1ccc(C2CCOc3cc(S(=O)(=O)Oc4c(F)c(F)c(F)c(F)c4F)ccc32)c(-c2ccnn2C)c1. The van der Waals surface area contributed by atoms with Crippen LogP contribution in [0.2, 0.25) is 0 Å². The fourth-order valence-corrected chi connectivity index (χ4v) is 5.66. The molecule has 0 saturated carbocycles. The zero-order chi connectivity index (χ0) is 29.6. The molecule has 3 aromatic carbocycles. The lowest BCUT2D eigenvalue weighted by Gasteiger charge is -2.28. The van der Waals surface area contributed by atoms with Gasteiger partial charge in [-0.1, -0.05) is 12.1 Å². The van der Waals surface area contributed by atoms with E-state index in [0.717, 1.165) is 29.0 Å². The first kappa shape index (κ1) is 28.4. The Bertz CT molecular complexity index is 1730. The van der Waals surface area contributed by atoms with Crippen molar-refractivity contribution >= 4 is 10.1 Å². The molecule has 0 bridgehead atoms. The molecule has 13 heteroatoms. The second-order valence-electron chi connectivity index (χ2n) is 9.58. The van der Waals surface area contributed by atoms with Crippen molar-refractivity contribution < 1.29 is 44.0 Å². The molecule has 0 radical (unpaired) electrons. The molecule has 41 heavy (non-hydrogen) atoms. The summed E-state index contributed by atoms with van der Waals surface area (Å²) in [6.45, 7) is 4.02. The van der Waals surface area contributed by atoms with Crippen molar-refractivity contribution in [3.8, 4) is 28.5 Å². The minimum Gasteiger partial charge on any atom is -0.493 e. The molecular weight excluding hydrogens is 571 g/mol. The van der Waals surface area contributed by atoms with Crippen LogP contribution in [0.25, 0.3) is 11.3 Å². The summed E-state index contributed by atoms with van der Waals surface area (Å²) in [5.74, 6) is -13.3. The number of fused-ring (bicyclic) bond motifs is 1. The molecule has 0 fully saturated rings. The first-order chi connectivity index (χ1) is 19.4. The number of benzene rings is 3. The lowest BCUT2D eigenvalue weighted by molar-refractivity contribution is 0.242. The fourth-order valence-electron chi connectivity index (χ4n) is 4.71. The average Bonchev–Trinajstić information content (AvgIpc) is 3.38. The van der Waals surface area contributed by atoms with Crippen molar-refractivity contribution in [1.29, 1.82) is 0 Å². The van der Waals surface area contributed by atoms with Crippen molar-refractivity contribution in [3.05, 3.63) is 88.9 Å². The molecule has 0 saturated heterocycles. The van der Waals surface area contributed by atoms with Gasteiger partial charge in [0.25, 0.3) is 0 Å². The van der Waals surface area contributed by atoms with E-state index in [4.69, 9.17) is 9.47 Å². The molecule has 0 amide bonds. The van der Waals surface area contributed by atoms with Crippen LogP contribution in [-0.2, 0) is 17.2 Å². The fraction of sp³-hybridized carbons (Fsp3) is 0.250. The van der Waals surface area contributed by atoms with E-state index in [0.29, 0.717) is 17.7 Å². The Morgan fingerprint density at radius 3 is 2.22 bits per heavy atom. The summed E-state index contributed by atoms with van der Waals surface area (Å²) >= 11 is 0. The van der Waals surface area contributed by atoms with Gasteiger partial charge in [0, 0.05) is 36.4 Å². The maximum absolute atomic E-state index is 14.1. The number of nitrogens with zero attached hydrogens (tertiary/aromatic N) is 2. The highest BCUT2D eigenvalue weighted by Crippen LogP contribution is 2.44. The maximum atomic E-state index is 14.1. The van der Waals surface area contributed by atoms with Gasteiger partial charge in [0.2, 0.25) is 34.8 Å². The van der Waals surface area contributed by atoms with E-state index in [2.05, 4.69) is 9.28 Å². The molecule has 1 unspecified atom stereocenters. The van der Waals surface area contributed by atoms with E-state index in [1.807, 2.05) is 38.1 Å². The molecule has 0 aliphatic carbocycles. The van der Waals surface area contributed by atoms with E-state index in [1.54, 1.807) is 17.9 Å². The molecule has 0 N–H and O–H groups in total. The zero-order valence-corrected chi connectivity index (χ0v) is 22.7. The van der Waals surface area contributed by atoms with Gasteiger partial charge in [-0.25, -0.2) is 13.2 Å². The van der Waals surface area contributed by atoms with E-state index >= 15 is 0 Å². The van der Waals surface area contributed by atoms with Crippen LogP contribution in [-0.4, -0.2) is 30.9 Å². The largest absolute Gasteiger partial charge is 0.493 e. The summed E-state index contributed by atoms with van der Waals surface area (Å²) in [6, 6.07) is 11.2. The molecule has 0 spiro atoms. The van der Waals surface area contributed by atoms with Crippen LogP contribution in [0.3, 0.4) is 0 Å². The van der Waals surface area contributed by atoms with E-state index in [-0.39, 0.29) is 24.4 Å². The Balaban J connectivity index is 1.54. The highest BCUT2D eigenvalue weighted by Gasteiger charge is 2.33. The lowest BCUT2D eigenvalue weighted by atomic mass is 9.83. The van der Waals surface area contributed by atoms with Crippen LogP contribution in [0.1, 0.15) is 37.3 Å². The van der Waals surface area contributed by atoms with Crippen molar-refractivity contribution in [2.45, 2.75) is 37.2 Å². The standard InChI is InChI=1S/C28H23F5N2O5S/c1-14(2)39-15-4-6-17(20(12-15)21-8-10-34-35(21)3)18-9-11-38-22-13-16(5-7-19(18)22)41(36,37)40-28-26(32)24(30)23(29)25(31)27(28)33/h4-8,10,12-14,18H,9,11H2,1-3H3. The molecule has 5 rings (SSSR count). The summed E-state index contributed by atoms with van der Waals surface area (Å²) < 4.78 is 112. The average molecular weight is 595 g/mol. The summed E-state index contributed by atoms with van der Waals surface area (Å²) in [6.07, 6.45) is 2.14. The van der Waals surface area contributed by atoms with Crippen LogP contribution in [0.5, 0.6) is 17.2 Å². The maximum Gasteiger partial charge on any atom is 0.339 e. The predicted molar refractivity (Wildman–Crippen MR) is 137 cm³/mol. The monoisotopic (exact) mass is 594 g/mol. The number of rotatable bonds is 7. The normalized spacial score (nSPS) is 15.0. The topological polar surface area (TPSA) is 79.7 Å². The third kappa shape index (κ3) is 5.21. The predicted octanol–water partition coefficient (Wildman–Crippen LogP) is 6.25.